The van der Waals surface area contributed by atoms with Gasteiger partial charge in [0.15, 0.2) is 0 Å². The molecule has 1 atom stereocenters. The second-order valence-corrected chi connectivity index (χ2v) is 7.59. The maximum absolute atomic E-state index is 12.7. The maximum Gasteiger partial charge on any atom is 0.223 e. The van der Waals surface area contributed by atoms with Gasteiger partial charge in [-0.25, -0.2) is 0 Å². The Hall–Kier alpha value is -0.910. The average molecular weight is 337 g/mol. The van der Waals surface area contributed by atoms with Crippen molar-refractivity contribution in [1.29, 1.82) is 0 Å². The average Bonchev–Trinajstić information content (AvgIpc) is 3.12. The van der Waals surface area contributed by atoms with Gasteiger partial charge in [0, 0.05) is 43.5 Å². The van der Waals surface area contributed by atoms with Crippen LogP contribution in [0.2, 0.25) is 0 Å². The zero-order chi connectivity index (χ0) is 15.9. The predicted octanol–water partition coefficient (Wildman–Crippen LogP) is 2.78. The Labute approximate surface area is 143 Å². The smallest absolute Gasteiger partial charge is 0.223 e. The molecule has 2 aliphatic rings. The molecule has 0 aliphatic carbocycles. The van der Waals surface area contributed by atoms with Crippen molar-refractivity contribution in [3.05, 3.63) is 22.4 Å². The van der Waals surface area contributed by atoms with E-state index in [1.807, 2.05) is 0 Å². The van der Waals surface area contributed by atoms with Crippen LogP contribution in [0.3, 0.4) is 0 Å². The zero-order valence-electron chi connectivity index (χ0n) is 13.9. The second-order valence-electron chi connectivity index (χ2n) is 6.56. The van der Waals surface area contributed by atoms with E-state index in [1.54, 1.807) is 11.3 Å². The molecule has 0 radical (unpaired) electrons. The lowest BCUT2D eigenvalue weighted by molar-refractivity contribution is -0.135. The van der Waals surface area contributed by atoms with E-state index in [2.05, 4.69) is 27.3 Å². The summed E-state index contributed by atoms with van der Waals surface area (Å²) in [5.41, 5.74) is 0. The van der Waals surface area contributed by atoms with Crippen LogP contribution in [0.1, 0.15) is 37.0 Å². The molecule has 1 aromatic heterocycles. The van der Waals surface area contributed by atoms with E-state index in [1.165, 1.54) is 24.1 Å². The van der Waals surface area contributed by atoms with E-state index in [0.29, 0.717) is 18.4 Å². The fourth-order valence-corrected chi connectivity index (χ4v) is 4.32. The number of nitrogens with zero attached hydrogens (tertiary/aromatic N) is 2. The number of ether oxygens (including phenoxy) is 1. The third-order valence-corrected chi connectivity index (χ3v) is 5.93. The Bertz CT molecular complexity index is 471. The summed E-state index contributed by atoms with van der Waals surface area (Å²) in [7, 11) is 0. The molecule has 1 amide bonds. The zero-order valence-corrected chi connectivity index (χ0v) is 14.7. The monoisotopic (exact) mass is 336 g/mol. The number of hydrogen-bond acceptors (Lipinski definition) is 4. The van der Waals surface area contributed by atoms with Crippen LogP contribution in [0.25, 0.3) is 0 Å². The van der Waals surface area contributed by atoms with Crippen LogP contribution in [0.4, 0.5) is 0 Å². The van der Waals surface area contributed by atoms with Crippen molar-refractivity contribution >= 4 is 17.2 Å². The summed E-state index contributed by atoms with van der Waals surface area (Å²) in [5.74, 6) is 0.352. The molecule has 3 heterocycles. The predicted molar refractivity (Wildman–Crippen MR) is 93.9 cm³/mol. The Morgan fingerprint density at radius 2 is 2.13 bits per heavy atom. The summed E-state index contributed by atoms with van der Waals surface area (Å²) < 4.78 is 5.41. The minimum atomic E-state index is 0.352. The van der Waals surface area contributed by atoms with Gasteiger partial charge in [0.2, 0.25) is 5.91 Å². The molecule has 2 saturated heterocycles. The number of thiophene rings is 1. The highest BCUT2D eigenvalue weighted by Gasteiger charge is 2.26. The second kappa shape index (κ2) is 8.81. The molecule has 23 heavy (non-hydrogen) atoms. The van der Waals surface area contributed by atoms with Gasteiger partial charge >= 0.3 is 0 Å². The van der Waals surface area contributed by atoms with Crippen LogP contribution >= 0.6 is 11.3 Å². The molecule has 3 rings (SSSR count). The van der Waals surface area contributed by atoms with Crippen molar-refractivity contribution in [3.8, 4) is 0 Å². The SMILES string of the molecule is O=C(CCc1cccs1)N1CCCC[C@@H]1CCN1CCOCC1. The summed E-state index contributed by atoms with van der Waals surface area (Å²) >= 11 is 1.75. The van der Waals surface area contributed by atoms with Gasteiger partial charge in [-0.15, -0.1) is 11.3 Å². The summed E-state index contributed by atoms with van der Waals surface area (Å²) in [6.07, 6.45) is 6.28. The molecule has 0 N–H and O–H groups in total. The molecule has 0 saturated carbocycles. The summed E-state index contributed by atoms with van der Waals surface area (Å²) in [4.78, 5) is 18.6. The first-order valence-corrected chi connectivity index (χ1v) is 9.83. The standard InChI is InChI=1S/C18H28N2O2S/c21-18(7-6-17-5-3-15-23-17)20-9-2-1-4-16(20)8-10-19-11-13-22-14-12-19/h3,5,15-16H,1-2,4,6-14H2/t16-/m1/s1. The number of piperidine rings is 1. The molecule has 0 aromatic carbocycles. The summed E-state index contributed by atoms with van der Waals surface area (Å²) in [6, 6.07) is 4.64. The summed E-state index contributed by atoms with van der Waals surface area (Å²) in [5, 5.41) is 2.09. The number of carbonyl (C=O) groups excluding carboxylic acids is 1. The molecule has 0 bridgehead atoms. The lowest BCUT2D eigenvalue weighted by Crippen LogP contribution is -2.46. The molecule has 2 fully saturated rings. The van der Waals surface area contributed by atoms with Crippen molar-refractivity contribution in [2.75, 3.05) is 39.4 Å². The molecule has 4 nitrogen and oxygen atoms in total. The first-order valence-electron chi connectivity index (χ1n) is 8.95. The van der Waals surface area contributed by atoms with E-state index in [9.17, 15) is 4.79 Å². The van der Waals surface area contributed by atoms with Crippen LogP contribution in [0, 0.1) is 0 Å². The molecule has 0 spiro atoms. The molecule has 128 valence electrons. The van der Waals surface area contributed by atoms with Gasteiger partial charge < -0.3 is 9.64 Å². The fourth-order valence-electron chi connectivity index (χ4n) is 3.61. The number of hydrogen-bond donors (Lipinski definition) is 0. The maximum atomic E-state index is 12.7. The third kappa shape index (κ3) is 5.03. The largest absolute Gasteiger partial charge is 0.379 e. The van der Waals surface area contributed by atoms with Crippen LogP contribution < -0.4 is 0 Å². The van der Waals surface area contributed by atoms with Crippen molar-refractivity contribution < 1.29 is 9.53 Å². The quantitative estimate of drug-likeness (QED) is 0.801. The normalized spacial score (nSPS) is 23.1. The Morgan fingerprint density at radius 1 is 1.26 bits per heavy atom. The van der Waals surface area contributed by atoms with Crippen molar-refractivity contribution in [2.24, 2.45) is 0 Å². The topological polar surface area (TPSA) is 32.8 Å². The van der Waals surface area contributed by atoms with Gasteiger partial charge in [0.05, 0.1) is 13.2 Å². The number of morpholine rings is 1. The molecular formula is C18H28N2O2S. The Kier molecular flexibility index (Phi) is 6.48. The van der Waals surface area contributed by atoms with Crippen LogP contribution in [0.5, 0.6) is 0 Å². The van der Waals surface area contributed by atoms with Gasteiger partial charge in [0.1, 0.15) is 0 Å². The molecule has 2 aliphatic heterocycles. The number of amides is 1. The minimum Gasteiger partial charge on any atom is -0.379 e. The van der Waals surface area contributed by atoms with Crippen molar-refractivity contribution in [2.45, 2.75) is 44.6 Å². The minimum absolute atomic E-state index is 0.352. The highest BCUT2D eigenvalue weighted by Crippen LogP contribution is 2.22. The fraction of sp³-hybridized carbons (Fsp3) is 0.722. The lowest BCUT2D eigenvalue weighted by Gasteiger charge is -2.37. The van der Waals surface area contributed by atoms with E-state index < -0.39 is 0 Å². The number of carbonyl (C=O) groups is 1. The van der Waals surface area contributed by atoms with E-state index >= 15 is 0 Å². The molecule has 0 unspecified atom stereocenters. The van der Waals surface area contributed by atoms with Crippen LogP contribution in [-0.2, 0) is 16.0 Å². The van der Waals surface area contributed by atoms with E-state index in [4.69, 9.17) is 4.74 Å². The highest BCUT2D eigenvalue weighted by molar-refractivity contribution is 7.09. The first kappa shape index (κ1) is 16.9. The molecule has 1 aromatic rings. The molecular weight excluding hydrogens is 308 g/mol. The van der Waals surface area contributed by atoms with Crippen LogP contribution in [-0.4, -0.2) is 61.1 Å². The van der Waals surface area contributed by atoms with E-state index in [-0.39, 0.29) is 0 Å². The summed E-state index contributed by atoms with van der Waals surface area (Å²) in [6.45, 7) is 5.85. The first-order chi connectivity index (χ1) is 11.3. The lowest BCUT2D eigenvalue weighted by atomic mass is 9.98. The van der Waals surface area contributed by atoms with Gasteiger partial charge in [-0.3, -0.25) is 9.69 Å². The van der Waals surface area contributed by atoms with Gasteiger partial charge in [-0.2, -0.15) is 0 Å². The van der Waals surface area contributed by atoms with Gasteiger partial charge in [-0.1, -0.05) is 6.07 Å². The van der Waals surface area contributed by atoms with Crippen molar-refractivity contribution in [1.82, 2.24) is 9.80 Å². The number of aryl methyl sites for hydroxylation is 1. The van der Waals surface area contributed by atoms with Gasteiger partial charge in [-0.05, 0) is 43.6 Å². The Morgan fingerprint density at radius 3 is 2.91 bits per heavy atom. The van der Waals surface area contributed by atoms with Crippen LogP contribution in [0.15, 0.2) is 17.5 Å². The Balaban J connectivity index is 1.47. The van der Waals surface area contributed by atoms with Gasteiger partial charge in [0.25, 0.3) is 0 Å². The third-order valence-electron chi connectivity index (χ3n) is 5.00. The molecule has 5 heteroatoms. The van der Waals surface area contributed by atoms with E-state index in [0.717, 1.165) is 52.2 Å². The number of rotatable bonds is 6. The highest BCUT2D eigenvalue weighted by atomic mass is 32.1. The van der Waals surface area contributed by atoms with Crippen molar-refractivity contribution in [3.63, 3.8) is 0 Å². The number of likely N-dealkylation sites (tertiary alicyclic amines) is 1.